The van der Waals surface area contributed by atoms with Crippen LogP contribution in [-0.2, 0) is 11.3 Å². The molecule has 0 bridgehead atoms. The Morgan fingerprint density at radius 1 is 1.35 bits per heavy atom. The minimum Gasteiger partial charge on any atom is -0.352 e. The van der Waals surface area contributed by atoms with E-state index in [1.54, 1.807) is 6.07 Å². The molecule has 2 fully saturated rings. The normalized spacial score (nSPS) is 19.1. The fourth-order valence-electron chi connectivity index (χ4n) is 1.81. The fraction of sp³-hybridized carbons (Fsp3) is 0.583. The Hall–Kier alpha value is -1.65. The van der Waals surface area contributed by atoms with Crippen molar-refractivity contribution in [3.8, 4) is 0 Å². The largest absolute Gasteiger partial charge is 0.352 e. The smallest absolute Gasteiger partial charge is 0.267 e. The molecular weight excluding hydrogens is 218 g/mol. The van der Waals surface area contributed by atoms with Crippen LogP contribution in [0.5, 0.6) is 0 Å². The Kier molecular flexibility index (Phi) is 2.46. The molecule has 5 heteroatoms. The topological polar surface area (TPSA) is 64.0 Å². The van der Waals surface area contributed by atoms with Crippen LogP contribution in [0.2, 0.25) is 0 Å². The van der Waals surface area contributed by atoms with Gasteiger partial charge in [0.25, 0.3) is 5.56 Å². The van der Waals surface area contributed by atoms with E-state index in [-0.39, 0.29) is 18.0 Å². The predicted molar refractivity (Wildman–Crippen MR) is 61.6 cm³/mol. The second kappa shape index (κ2) is 3.98. The first-order valence-electron chi connectivity index (χ1n) is 6.10. The van der Waals surface area contributed by atoms with Crippen LogP contribution in [0.4, 0.5) is 0 Å². The van der Waals surface area contributed by atoms with E-state index in [0.29, 0.717) is 12.0 Å². The lowest BCUT2D eigenvalue weighted by molar-refractivity contribution is -0.122. The molecule has 3 rings (SSSR count). The van der Waals surface area contributed by atoms with E-state index in [9.17, 15) is 9.59 Å². The molecule has 1 aromatic heterocycles. The van der Waals surface area contributed by atoms with Gasteiger partial charge in [-0.05, 0) is 31.7 Å². The number of aromatic nitrogens is 2. The van der Waals surface area contributed by atoms with Crippen molar-refractivity contribution in [3.05, 3.63) is 28.2 Å². The highest BCUT2D eigenvalue weighted by molar-refractivity contribution is 5.76. The molecule has 0 aromatic carbocycles. The Morgan fingerprint density at radius 3 is 2.76 bits per heavy atom. The van der Waals surface area contributed by atoms with Crippen LogP contribution in [0.3, 0.4) is 0 Å². The first-order valence-corrected chi connectivity index (χ1v) is 6.10. The highest BCUT2D eigenvalue weighted by atomic mass is 16.2. The molecular formula is C12H15N3O2. The number of carbonyl (C=O) groups excluding carboxylic acids is 1. The minimum atomic E-state index is -0.208. The molecule has 0 aliphatic heterocycles. The third kappa shape index (κ3) is 2.54. The Labute approximate surface area is 98.8 Å². The Bertz CT molecular complexity index is 501. The van der Waals surface area contributed by atoms with Crippen molar-refractivity contribution < 1.29 is 4.79 Å². The molecule has 0 atom stereocenters. The van der Waals surface area contributed by atoms with Gasteiger partial charge in [-0.25, -0.2) is 4.68 Å². The van der Waals surface area contributed by atoms with E-state index in [1.807, 2.05) is 0 Å². The summed E-state index contributed by atoms with van der Waals surface area (Å²) in [5, 5.41) is 7.10. The van der Waals surface area contributed by atoms with E-state index in [4.69, 9.17) is 0 Å². The van der Waals surface area contributed by atoms with Gasteiger partial charge in [-0.2, -0.15) is 5.10 Å². The van der Waals surface area contributed by atoms with Gasteiger partial charge in [-0.1, -0.05) is 0 Å². The lowest BCUT2D eigenvalue weighted by Gasteiger charge is -2.06. The number of carbonyl (C=O) groups is 1. The zero-order valence-electron chi connectivity index (χ0n) is 9.56. The van der Waals surface area contributed by atoms with Gasteiger partial charge in [-0.3, -0.25) is 9.59 Å². The molecule has 0 radical (unpaired) electrons. The first kappa shape index (κ1) is 10.5. The average molecular weight is 233 g/mol. The van der Waals surface area contributed by atoms with Crippen molar-refractivity contribution in [2.75, 3.05) is 0 Å². The summed E-state index contributed by atoms with van der Waals surface area (Å²) in [5.74, 6) is 0.378. The van der Waals surface area contributed by atoms with Crippen LogP contribution in [0.25, 0.3) is 0 Å². The maximum atomic E-state index is 11.6. The van der Waals surface area contributed by atoms with Crippen molar-refractivity contribution in [2.45, 2.75) is 44.2 Å². The van der Waals surface area contributed by atoms with Crippen molar-refractivity contribution >= 4 is 5.91 Å². The summed E-state index contributed by atoms with van der Waals surface area (Å²) in [6.07, 6.45) is 4.38. The molecule has 0 unspecified atom stereocenters. The standard InChI is InChI=1S/C12H15N3O2/c16-11(13-9-3-4-9)7-15-12(17)6-5-10(14-15)8-1-2-8/h5-6,8-9H,1-4,7H2,(H,13,16). The summed E-state index contributed by atoms with van der Waals surface area (Å²) in [7, 11) is 0. The second-order valence-corrected chi connectivity index (χ2v) is 4.87. The fourth-order valence-corrected chi connectivity index (χ4v) is 1.81. The van der Waals surface area contributed by atoms with E-state index >= 15 is 0 Å². The van der Waals surface area contributed by atoms with Gasteiger partial charge >= 0.3 is 0 Å². The van der Waals surface area contributed by atoms with Crippen LogP contribution in [0.1, 0.15) is 37.3 Å². The molecule has 0 spiro atoms. The van der Waals surface area contributed by atoms with Gasteiger partial charge in [0.15, 0.2) is 0 Å². The van der Waals surface area contributed by atoms with Gasteiger partial charge in [0.05, 0.1) is 5.69 Å². The molecule has 5 nitrogen and oxygen atoms in total. The SMILES string of the molecule is O=C(Cn1nc(C2CC2)ccc1=O)NC1CC1. The zero-order valence-corrected chi connectivity index (χ0v) is 9.56. The summed E-state index contributed by atoms with van der Waals surface area (Å²) in [6, 6.07) is 3.60. The van der Waals surface area contributed by atoms with Crippen LogP contribution in [0, 0.1) is 0 Å². The van der Waals surface area contributed by atoms with E-state index in [2.05, 4.69) is 10.4 Å². The second-order valence-electron chi connectivity index (χ2n) is 4.87. The first-order chi connectivity index (χ1) is 8.22. The number of amides is 1. The highest BCUT2D eigenvalue weighted by Crippen LogP contribution is 2.38. The molecule has 1 N–H and O–H groups in total. The van der Waals surface area contributed by atoms with Crippen LogP contribution in [0.15, 0.2) is 16.9 Å². The van der Waals surface area contributed by atoms with Crippen LogP contribution in [-0.4, -0.2) is 21.7 Å². The van der Waals surface area contributed by atoms with Gasteiger partial charge in [0.2, 0.25) is 5.91 Å². The molecule has 1 aromatic rings. The number of rotatable bonds is 4. The zero-order chi connectivity index (χ0) is 11.8. The lowest BCUT2D eigenvalue weighted by atomic mass is 10.3. The van der Waals surface area contributed by atoms with Gasteiger partial charge in [0.1, 0.15) is 6.54 Å². The Morgan fingerprint density at radius 2 is 2.12 bits per heavy atom. The molecule has 2 aliphatic rings. The molecule has 2 aliphatic carbocycles. The molecule has 2 saturated carbocycles. The Balaban J connectivity index is 1.73. The van der Waals surface area contributed by atoms with E-state index in [0.717, 1.165) is 31.4 Å². The summed E-state index contributed by atoms with van der Waals surface area (Å²) in [5.41, 5.74) is 0.726. The van der Waals surface area contributed by atoms with Gasteiger partial charge < -0.3 is 5.32 Å². The van der Waals surface area contributed by atoms with Crippen molar-refractivity contribution in [1.82, 2.24) is 15.1 Å². The average Bonchev–Trinajstić information content (AvgIpc) is 3.12. The molecule has 1 heterocycles. The van der Waals surface area contributed by atoms with E-state index < -0.39 is 0 Å². The number of nitrogens with one attached hydrogen (secondary N) is 1. The summed E-state index contributed by atoms with van der Waals surface area (Å²) < 4.78 is 1.27. The number of hydrogen-bond donors (Lipinski definition) is 1. The van der Waals surface area contributed by atoms with Crippen molar-refractivity contribution in [3.63, 3.8) is 0 Å². The maximum absolute atomic E-state index is 11.6. The van der Waals surface area contributed by atoms with Crippen molar-refractivity contribution in [2.24, 2.45) is 0 Å². The minimum absolute atomic E-state index is 0.0376. The summed E-state index contributed by atoms with van der Waals surface area (Å²) in [6.45, 7) is 0.0376. The third-order valence-electron chi connectivity index (χ3n) is 3.12. The van der Waals surface area contributed by atoms with Crippen molar-refractivity contribution in [1.29, 1.82) is 0 Å². The van der Waals surface area contributed by atoms with E-state index in [1.165, 1.54) is 10.7 Å². The summed E-state index contributed by atoms with van der Waals surface area (Å²) >= 11 is 0. The molecule has 1 amide bonds. The third-order valence-corrected chi connectivity index (χ3v) is 3.12. The van der Waals surface area contributed by atoms with Gasteiger partial charge in [0, 0.05) is 18.0 Å². The predicted octanol–water partition coefficient (Wildman–Crippen LogP) is 0.399. The van der Waals surface area contributed by atoms with Gasteiger partial charge in [-0.15, -0.1) is 0 Å². The van der Waals surface area contributed by atoms with Crippen LogP contribution >= 0.6 is 0 Å². The number of hydrogen-bond acceptors (Lipinski definition) is 3. The maximum Gasteiger partial charge on any atom is 0.267 e. The lowest BCUT2D eigenvalue weighted by Crippen LogP contribution is -2.34. The summed E-state index contributed by atoms with van der Waals surface area (Å²) in [4.78, 5) is 23.2. The molecule has 0 saturated heterocycles. The molecule has 90 valence electrons. The number of nitrogens with zero attached hydrogens (tertiary/aromatic N) is 2. The van der Waals surface area contributed by atoms with Crippen LogP contribution < -0.4 is 10.9 Å². The monoisotopic (exact) mass is 233 g/mol. The molecule has 17 heavy (non-hydrogen) atoms. The highest BCUT2D eigenvalue weighted by Gasteiger charge is 2.26. The quantitative estimate of drug-likeness (QED) is 0.818.